The van der Waals surface area contributed by atoms with Gasteiger partial charge in [0.1, 0.15) is 0 Å². The van der Waals surface area contributed by atoms with Gasteiger partial charge in [0.25, 0.3) is 0 Å². The highest BCUT2D eigenvalue weighted by molar-refractivity contribution is 7.10. The molecule has 0 saturated carbocycles. The molecule has 2 N–H and O–H groups in total. The zero-order chi connectivity index (χ0) is 13.7. The van der Waals surface area contributed by atoms with E-state index in [1.807, 2.05) is 0 Å². The fourth-order valence-corrected chi connectivity index (χ4v) is 2.19. The maximum absolute atomic E-state index is 11.8. The summed E-state index contributed by atoms with van der Waals surface area (Å²) in [7, 11) is 1.59. The molecule has 1 aromatic rings. The van der Waals surface area contributed by atoms with Crippen LogP contribution in [0.1, 0.15) is 17.8 Å². The third kappa shape index (κ3) is 3.89. The van der Waals surface area contributed by atoms with Gasteiger partial charge in [-0.1, -0.05) is 18.2 Å². The van der Waals surface area contributed by atoms with E-state index in [9.17, 15) is 9.59 Å². The van der Waals surface area contributed by atoms with Gasteiger partial charge in [-0.25, -0.2) is 9.59 Å². The number of hydrogen-bond acceptors (Lipinski definition) is 3. The van der Waals surface area contributed by atoms with E-state index in [4.69, 9.17) is 5.11 Å². The van der Waals surface area contributed by atoms with Gasteiger partial charge < -0.3 is 15.3 Å². The minimum absolute atomic E-state index is 0.391. The minimum atomic E-state index is -1.07. The van der Waals surface area contributed by atoms with E-state index >= 15 is 0 Å². The second kappa shape index (κ2) is 6.20. The summed E-state index contributed by atoms with van der Waals surface area (Å²) >= 11 is 1.30. The standard InChI is InChI=1S/C12H16N2O3S/c1-8(2)7-14(3)12(17)13-10(11(15)16)9-5-4-6-18-9/h4-6,10H,1,7H2,2-3H3,(H,13,17)(H,15,16). The van der Waals surface area contributed by atoms with E-state index in [-0.39, 0.29) is 0 Å². The molecule has 0 aliphatic heterocycles. The highest BCUT2D eigenvalue weighted by atomic mass is 32.1. The lowest BCUT2D eigenvalue weighted by Crippen LogP contribution is -2.42. The minimum Gasteiger partial charge on any atom is -0.479 e. The Balaban J connectivity index is 2.71. The van der Waals surface area contributed by atoms with E-state index in [1.54, 1.807) is 31.5 Å². The Morgan fingerprint density at radius 2 is 2.28 bits per heavy atom. The lowest BCUT2D eigenvalue weighted by Gasteiger charge is -2.20. The maximum atomic E-state index is 11.8. The van der Waals surface area contributed by atoms with Crippen molar-refractivity contribution in [1.82, 2.24) is 10.2 Å². The number of aliphatic carboxylic acids is 1. The smallest absolute Gasteiger partial charge is 0.331 e. The number of rotatable bonds is 5. The van der Waals surface area contributed by atoms with Gasteiger partial charge in [-0.3, -0.25) is 0 Å². The Labute approximate surface area is 110 Å². The first-order chi connectivity index (χ1) is 8.41. The predicted molar refractivity (Wildman–Crippen MR) is 70.7 cm³/mol. The van der Waals surface area contributed by atoms with Crippen molar-refractivity contribution in [2.75, 3.05) is 13.6 Å². The van der Waals surface area contributed by atoms with Crippen LogP contribution in [0, 0.1) is 0 Å². The number of carbonyl (C=O) groups excluding carboxylic acids is 1. The van der Waals surface area contributed by atoms with E-state index in [0.29, 0.717) is 11.4 Å². The number of carbonyl (C=O) groups is 2. The van der Waals surface area contributed by atoms with Crippen molar-refractivity contribution in [1.29, 1.82) is 0 Å². The number of hydrogen-bond donors (Lipinski definition) is 2. The lowest BCUT2D eigenvalue weighted by atomic mass is 10.2. The van der Waals surface area contributed by atoms with Gasteiger partial charge in [0.15, 0.2) is 6.04 Å². The molecule has 1 unspecified atom stereocenters. The van der Waals surface area contributed by atoms with E-state index in [0.717, 1.165) is 5.57 Å². The molecule has 1 aromatic heterocycles. The Bertz CT molecular complexity index is 442. The second-order valence-electron chi connectivity index (χ2n) is 4.05. The summed E-state index contributed by atoms with van der Waals surface area (Å²) in [4.78, 5) is 24.9. The van der Waals surface area contributed by atoms with Gasteiger partial charge in [0, 0.05) is 18.5 Å². The van der Waals surface area contributed by atoms with Crippen molar-refractivity contribution in [3.63, 3.8) is 0 Å². The predicted octanol–water partition coefficient (Wildman–Crippen LogP) is 2.09. The molecule has 0 aromatic carbocycles. The van der Waals surface area contributed by atoms with Crippen LogP contribution < -0.4 is 5.32 Å². The molecule has 0 bridgehead atoms. The summed E-state index contributed by atoms with van der Waals surface area (Å²) in [6.45, 7) is 5.90. The number of likely N-dealkylation sites (N-methyl/N-ethyl adjacent to an activating group) is 1. The molecule has 1 atom stereocenters. The lowest BCUT2D eigenvalue weighted by molar-refractivity contribution is -0.139. The number of thiophene rings is 1. The highest BCUT2D eigenvalue weighted by Gasteiger charge is 2.24. The van der Waals surface area contributed by atoms with Crippen LogP contribution in [0.25, 0.3) is 0 Å². The summed E-state index contributed by atoms with van der Waals surface area (Å²) < 4.78 is 0. The monoisotopic (exact) mass is 268 g/mol. The molecule has 1 heterocycles. The van der Waals surface area contributed by atoms with Gasteiger partial charge in [0.2, 0.25) is 0 Å². The van der Waals surface area contributed by atoms with Crippen LogP contribution in [-0.2, 0) is 4.79 Å². The van der Waals surface area contributed by atoms with E-state index < -0.39 is 18.0 Å². The van der Waals surface area contributed by atoms with E-state index in [2.05, 4.69) is 11.9 Å². The van der Waals surface area contributed by atoms with Crippen molar-refractivity contribution >= 4 is 23.3 Å². The SMILES string of the molecule is C=C(C)CN(C)C(=O)NC(C(=O)O)c1cccs1. The van der Waals surface area contributed by atoms with Gasteiger partial charge in [-0.05, 0) is 18.4 Å². The van der Waals surface area contributed by atoms with Crippen molar-refractivity contribution in [3.05, 3.63) is 34.5 Å². The van der Waals surface area contributed by atoms with Gasteiger partial charge in [-0.15, -0.1) is 11.3 Å². The van der Waals surface area contributed by atoms with Crippen LogP contribution >= 0.6 is 11.3 Å². The number of amides is 2. The molecular weight excluding hydrogens is 252 g/mol. The number of nitrogens with zero attached hydrogens (tertiary/aromatic N) is 1. The number of carboxylic acids is 1. The topological polar surface area (TPSA) is 69.6 Å². The molecule has 0 aliphatic carbocycles. The normalized spacial score (nSPS) is 11.7. The van der Waals surface area contributed by atoms with E-state index in [1.165, 1.54) is 16.2 Å². The zero-order valence-corrected chi connectivity index (χ0v) is 11.2. The Hall–Kier alpha value is -1.82. The molecule has 98 valence electrons. The molecule has 5 nitrogen and oxygen atoms in total. The summed E-state index contributed by atoms with van der Waals surface area (Å²) in [5.41, 5.74) is 0.829. The molecule has 6 heteroatoms. The zero-order valence-electron chi connectivity index (χ0n) is 10.3. The molecule has 0 aliphatic rings. The first-order valence-electron chi connectivity index (χ1n) is 5.34. The van der Waals surface area contributed by atoms with Crippen LogP contribution in [0.4, 0.5) is 4.79 Å². The number of urea groups is 1. The Kier molecular flexibility index (Phi) is 4.91. The molecular formula is C12H16N2O3S. The van der Waals surface area contributed by atoms with Gasteiger partial charge in [0.05, 0.1) is 0 Å². The first kappa shape index (κ1) is 14.2. The molecule has 18 heavy (non-hydrogen) atoms. The van der Waals surface area contributed by atoms with Crippen molar-refractivity contribution in [2.24, 2.45) is 0 Å². The molecule has 0 fully saturated rings. The van der Waals surface area contributed by atoms with Crippen molar-refractivity contribution in [3.8, 4) is 0 Å². The van der Waals surface area contributed by atoms with Crippen LogP contribution in [0.5, 0.6) is 0 Å². The Morgan fingerprint density at radius 1 is 1.61 bits per heavy atom. The average molecular weight is 268 g/mol. The van der Waals surface area contributed by atoms with Gasteiger partial charge in [-0.2, -0.15) is 0 Å². The summed E-state index contributed by atoms with van der Waals surface area (Å²) in [5.74, 6) is -1.07. The summed E-state index contributed by atoms with van der Waals surface area (Å²) in [5, 5.41) is 13.4. The summed E-state index contributed by atoms with van der Waals surface area (Å²) in [6, 6.07) is 1.99. The van der Waals surface area contributed by atoms with Crippen LogP contribution in [-0.4, -0.2) is 35.6 Å². The second-order valence-corrected chi connectivity index (χ2v) is 5.03. The first-order valence-corrected chi connectivity index (χ1v) is 6.22. The summed E-state index contributed by atoms with van der Waals surface area (Å²) in [6.07, 6.45) is 0. The molecule has 2 amide bonds. The quantitative estimate of drug-likeness (QED) is 0.803. The Morgan fingerprint density at radius 3 is 2.72 bits per heavy atom. The molecule has 0 saturated heterocycles. The average Bonchev–Trinajstić information content (AvgIpc) is 2.77. The van der Waals surface area contributed by atoms with Crippen LogP contribution in [0.3, 0.4) is 0 Å². The van der Waals surface area contributed by atoms with Crippen molar-refractivity contribution in [2.45, 2.75) is 13.0 Å². The fourth-order valence-electron chi connectivity index (χ4n) is 1.42. The highest BCUT2D eigenvalue weighted by Crippen LogP contribution is 2.19. The fraction of sp³-hybridized carbons (Fsp3) is 0.333. The molecule has 0 radical (unpaired) electrons. The maximum Gasteiger partial charge on any atom is 0.331 e. The third-order valence-corrected chi connectivity index (χ3v) is 3.13. The van der Waals surface area contributed by atoms with Crippen molar-refractivity contribution < 1.29 is 14.7 Å². The largest absolute Gasteiger partial charge is 0.479 e. The van der Waals surface area contributed by atoms with Crippen LogP contribution in [0.2, 0.25) is 0 Å². The van der Waals surface area contributed by atoms with Gasteiger partial charge >= 0.3 is 12.0 Å². The van der Waals surface area contributed by atoms with Crippen LogP contribution in [0.15, 0.2) is 29.7 Å². The third-order valence-electron chi connectivity index (χ3n) is 2.20. The molecule has 0 spiro atoms. The number of nitrogens with one attached hydrogen (secondary N) is 1. The number of carboxylic acid groups (broad SMARTS) is 1. The molecule has 1 rings (SSSR count).